The molecule has 0 aliphatic heterocycles. The van der Waals surface area contributed by atoms with Crippen LogP contribution in [0.1, 0.15) is 101 Å². The molecule has 40 heavy (non-hydrogen) atoms. The Bertz CT molecular complexity index is 1020. The molecule has 0 spiro atoms. The summed E-state index contributed by atoms with van der Waals surface area (Å²) in [4.78, 5) is 5.08. The Morgan fingerprint density at radius 1 is 0.375 bits per heavy atom. The summed E-state index contributed by atoms with van der Waals surface area (Å²) in [6.07, 6.45) is 18.8. The van der Waals surface area contributed by atoms with Crippen LogP contribution in [0.15, 0.2) is 72.8 Å². The summed E-state index contributed by atoms with van der Waals surface area (Å²) in [7, 11) is 0. The van der Waals surface area contributed by atoms with Crippen LogP contribution in [0, 0.1) is 0 Å². The molecule has 0 fully saturated rings. The maximum absolute atomic E-state index is 2.54. The molecule has 3 rings (SSSR count). The average Bonchev–Trinajstić information content (AvgIpc) is 3.00. The lowest BCUT2D eigenvalue weighted by atomic mass is 10.1. The van der Waals surface area contributed by atoms with Crippen LogP contribution in [0.4, 0.5) is 11.4 Å². The molecular formula is C38H52N2. The quantitative estimate of drug-likeness (QED) is 0.149. The molecule has 2 nitrogen and oxygen atoms in total. The van der Waals surface area contributed by atoms with E-state index in [4.69, 9.17) is 0 Å². The fourth-order valence-corrected chi connectivity index (χ4v) is 4.83. The fourth-order valence-electron chi connectivity index (χ4n) is 4.83. The lowest BCUT2D eigenvalue weighted by Crippen LogP contribution is -2.25. The highest BCUT2D eigenvalue weighted by Crippen LogP contribution is 2.20. The zero-order chi connectivity index (χ0) is 28.4. The third-order valence-electron chi connectivity index (χ3n) is 7.52. The normalized spacial score (nSPS) is 11.5. The van der Waals surface area contributed by atoms with Crippen molar-refractivity contribution in [2.24, 2.45) is 0 Å². The molecule has 0 radical (unpaired) electrons. The molecule has 0 saturated carbocycles. The van der Waals surface area contributed by atoms with Crippen LogP contribution < -0.4 is 9.80 Å². The van der Waals surface area contributed by atoms with Crippen LogP contribution in [0.2, 0.25) is 0 Å². The van der Waals surface area contributed by atoms with E-state index in [0.717, 1.165) is 26.2 Å². The summed E-state index contributed by atoms with van der Waals surface area (Å²) >= 11 is 0. The molecule has 214 valence electrons. The monoisotopic (exact) mass is 536 g/mol. The number of hydrogen-bond acceptors (Lipinski definition) is 2. The molecule has 0 aromatic heterocycles. The standard InChI is InChI=1S/C38H52N2/c1-5-9-29-39(30-10-6-2)37-25-21-35(22-26-37)19-17-33-13-15-34(16-14-33)18-20-36-23-27-38(28-24-36)40(31-11-7-3)32-12-8-4/h13-28H,5-12,29-32H2,1-4H3/b19-17+,20-18+. The summed E-state index contributed by atoms with van der Waals surface area (Å²) in [6.45, 7) is 13.7. The van der Waals surface area contributed by atoms with Gasteiger partial charge in [0.05, 0.1) is 0 Å². The molecule has 0 N–H and O–H groups in total. The van der Waals surface area contributed by atoms with E-state index >= 15 is 0 Å². The zero-order valence-electron chi connectivity index (χ0n) is 25.6. The first-order valence-corrected chi connectivity index (χ1v) is 15.8. The van der Waals surface area contributed by atoms with E-state index in [-0.39, 0.29) is 0 Å². The molecule has 0 saturated heterocycles. The van der Waals surface area contributed by atoms with Gasteiger partial charge >= 0.3 is 0 Å². The van der Waals surface area contributed by atoms with E-state index in [1.54, 1.807) is 0 Å². The van der Waals surface area contributed by atoms with Gasteiger partial charge in [0, 0.05) is 37.6 Å². The Balaban J connectivity index is 1.56. The highest BCUT2D eigenvalue weighted by Gasteiger charge is 2.06. The van der Waals surface area contributed by atoms with E-state index in [2.05, 4.69) is 135 Å². The van der Waals surface area contributed by atoms with Crippen molar-refractivity contribution in [1.82, 2.24) is 0 Å². The van der Waals surface area contributed by atoms with E-state index in [1.807, 2.05) is 0 Å². The third kappa shape index (κ3) is 10.7. The highest BCUT2D eigenvalue weighted by atomic mass is 15.1. The van der Waals surface area contributed by atoms with E-state index < -0.39 is 0 Å². The number of hydrogen-bond donors (Lipinski definition) is 0. The summed E-state index contributed by atoms with van der Waals surface area (Å²) in [5.74, 6) is 0. The maximum Gasteiger partial charge on any atom is 0.0366 e. The molecule has 0 aliphatic carbocycles. The van der Waals surface area contributed by atoms with Crippen LogP contribution >= 0.6 is 0 Å². The minimum absolute atomic E-state index is 1.15. The first-order valence-electron chi connectivity index (χ1n) is 15.8. The van der Waals surface area contributed by atoms with Crippen molar-refractivity contribution in [1.29, 1.82) is 0 Å². The molecular weight excluding hydrogens is 484 g/mol. The van der Waals surface area contributed by atoms with Gasteiger partial charge < -0.3 is 9.80 Å². The van der Waals surface area contributed by atoms with Crippen LogP contribution in [-0.2, 0) is 0 Å². The molecule has 0 unspecified atom stereocenters. The largest absolute Gasteiger partial charge is 0.372 e. The first-order chi connectivity index (χ1) is 19.7. The van der Waals surface area contributed by atoms with Crippen LogP contribution in [0.5, 0.6) is 0 Å². The van der Waals surface area contributed by atoms with Gasteiger partial charge in [-0.05, 0) is 72.2 Å². The second-order valence-corrected chi connectivity index (χ2v) is 10.9. The van der Waals surface area contributed by atoms with Crippen molar-refractivity contribution in [3.63, 3.8) is 0 Å². The predicted molar refractivity (Wildman–Crippen MR) is 181 cm³/mol. The average molecular weight is 537 g/mol. The zero-order valence-corrected chi connectivity index (χ0v) is 25.6. The van der Waals surface area contributed by atoms with E-state index in [1.165, 1.54) is 85.0 Å². The SMILES string of the molecule is CCCCN(CCCC)c1ccc(/C=C/c2ccc(/C=C/c3ccc(N(CCCC)CCCC)cc3)cc2)cc1. The van der Waals surface area contributed by atoms with Crippen LogP contribution in [0.25, 0.3) is 24.3 Å². The Labute approximate surface area is 245 Å². The smallest absolute Gasteiger partial charge is 0.0366 e. The molecule has 0 heterocycles. The molecule has 0 aliphatic rings. The Morgan fingerprint density at radius 3 is 0.825 bits per heavy atom. The van der Waals surface area contributed by atoms with Crippen LogP contribution in [0.3, 0.4) is 0 Å². The van der Waals surface area contributed by atoms with Crippen molar-refractivity contribution in [3.05, 3.63) is 95.1 Å². The lowest BCUT2D eigenvalue weighted by molar-refractivity contribution is 0.678. The molecule has 0 atom stereocenters. The minimum Gasteiger partial charge on any atom is -0.372 e. The molecule has 0 amide bonds. The summed E-state index contributed by atoms with van der Waals surface area (Å²) in [5.41, 5.74) is 7.61. The number of rotatable bonds is 18. The number of unbranched alkanes of at least 4 members (excludes halogenated alkanes) is 4. The number of benzene rings is 3. The Morgan fingerprint density at radius 2 is 0.600 bits per heavy atom. The van der Waals surface area contributed by atoms with Gasteiger partial charge in [-0.3, -0.25) is 0 Å². The van der Waals surface area contributed by atoms with Crippen molar-refractivity contribution in [3.8, 4) is 0 Å². The van der Waals surface area contributed by atoms with Gasteiger partial charge in [0.1, 0.15) is 0 Å². The minimum atomic E-state index is 1.15. The van der Waals surface area contributed by atoms with Gasteiger partial charge in [0.15, 0.2) is 0 Å². The van der Waals surface area contributed by atoms with Crippen molar-refractivity contribution >= 4 is 35.7 Å². The highest BCUT2D eigenvalue weighted by molar-refractivity contribution is 5.74. The van der Waals surface area contributed by atoms with Gasteiger partial charge in [-0.15, -0.1) is 0 Å². The Hall–Kier alpha value is -3.26. The molecule has 2 heteroatoms. The number of nitrogens with zero attached hydrogens (tertiary/aromatic N) is 2. The van der Waals surface area contributed by atoms with Crippen molar-refractivity contribution < 1.29 is 0 Å². The van der Waals surface area contributed by atoms with Gasteiger partial charge in [-0.1, -0.05) is 126 Å². The van der Waals surface area contributed by atoms with Crippen LogP contribution in [-0.4, -0.2) is 26.2 Å². The third-order valence-corrected chi connectivity index (χ3v) is 7.52. The van der Waals surface area contributed by atoms with Gasteiger partial charge in [-0.25, -0.2) is 0 Å². The van der Waals surface area contributed by atoms with Crippen molar-refractivity contribution in [2.75, 3.05) is 36.0 Å². The van der Waals surface area contributed by atoms with Gasteiger partial charge in [-0.2, -0.15) is 0 Å². The Kier molecular flexibility index (Phi) is 14.2. The summed E-state index contributed by atoms with van der Waals surface area (Å²) in [5, 5.41) is 0. The lowest BCUT2D eigenvalue weighted by Gasteiger charge is -2.24. The predicted octanol–water partition coefficient (Wildman–Crippen LogP) is 10.8. The molecule has 0 bridgehead atoms. The molecule has 3 aromatic carbocycles. The first kappa shape index (κ1) is 31.3. The van der Waals surface area contributed by atoms with Gasteiger partial charge in [0.2, 0.25) is 0 Å². The second-order valence-electron chi connectivity index (χ2n) is 10.9. The summed E-state index contributed by atoms with van der Waals surface area (Å²) in [6, 6.07) is 26.9. The van der Waals surface area contributed by atoms with Gasteiger partial charge in [0.25, 0.3) is 0 Å². The van der Waals surface area contributed by atoms with E-state index in [9.17, 15) is 0 Å². The van der Waals surface area contributed by atoms with E-state index in [0.29, 0.717) is 0 Å². The summed E-state index contributed by atoms with van der Waals surface area (Å²) < 4.78 is 0. The van der Waals surface area contributed by atoms with Crippen molar-refractivity contribution in [2.45, 2.75) is 79.1 Å². The topological polar surface area (TPSA) is 6.48 Å². The maximum atomic E-state index is 2.54. The fraction of sp³-hybridized carbons (Fsp3) is 0.421. The molecule has 3 aromatic rings. The second kappa shape index (κ2) is 18.2. The number of anilines is 2.